The van der Waals surface area contributed by atoms with E-state index in [1.54, 1.807) is 6.33 Å². The third-order valence-electron chi connectivity index (χ3n) is 2.80. The van der Waals surface area contributed by atoms with Crippen molar-refractivity contribution in [2.45, 2.75) is 19.8 Å². The third kappa shape index (κ3) is 1.85. The minimum Gasteiger partial charge on any atom is -0.330 e. The first-order valence-corrected chi connectivity index (χ1v) is 5.21. The van der Waals surface area contributed by atoms with Crippen molar-refractivity contribution in [1.82, 2.24) is 14.6 Å². The first-order chi connectivity index (χ1) is 7.22. The topological polar surface area (TPSA) is 56.2 Å². The van der Waals surface area contributed by atoms with E-state index >= 15 is 0 Å². The van der Waals surface area contributed by atoms with Crippen molar-refractivity contribution in [3.8, 4) is 0 Å². The Morgan fingerprint density at radius 2 is 2.20 bits per heavy atom. The number of hydrogen-bond acceptors (Lipinski definition) is 3. The lowest BCUT2D eigenvalue weighted by atomic mass is 9.90. The average molecular weight is 204 g/mol. The summed E-state index contributed by atoms with van der Waals surface area (Å²) < 4.78 is 1.93. The van der Waals surface area contributed by atoms with Gasteiger partial charge in [-0.2, -0.15) is 0 Å². The van der Waals surface area contributed by atoms with Gasteiger partial charge >= 0.3 is 0 Å². The fourth-order valence-corrected chi connectivity index (χ4v) is 1.86. The highest BCUT2D eigenvalue weighted by molar-refractivity contribution is 5.38. The summed E-state index contributed by atoms with van der Waals surface area (Å²) in [5.41, 5.74) is 7.91. The van der Waals surface area contributed by atoms with Crippen LogP contribution in [0.1, 0.15) is 25.3 Å². The van der Waals surface area contributed by atoms with Crippen molar-refractivity contribution >= 4 is 5.65 Å². The summed E-state index contributed by atoms with van der Waals surface area (Å²) in [5.74, 6) is 0.945. The number of pyridine rings is 1. The maximum absolute atomic E-state index is 5.78. The molecule has 4 nitrogen and oxygen atoms in total. The van der Waals surface area contributed by atoms with Gasteiger partial charge in [-0.05, 0) is 30.0 Å². The zero-order chi connectivity index (χ0) is 10.8. The Labute approximate surface area is 89.1 Å². The predicted molar refractivity (Wildman–Crippen MR) is 59.6 cm³/mol. The second-order valence-corrected chi connectivity index (χ2v) is 4.15. The van der Waals surface area contributed by atoms with Gasteiger partial charge in [-0.3, -0.25) is 4.40 Å². The van der Waals surface area contributed by atoms with Gasteiger partial charge in [-0.1, -0.05) is 19.9 Å². The quantitative estimate of drug-likeness (QED) is 0.822. The minimum absolute atomic E-state index is 0.400. The Bertz CT molecular complexity index is 447. The monoisotopic (exact) mass is 204 g/mol. The predicted octanol–water partition coefficient (Wildman–Crippen LogP) is 1.43. The molecule has 0 radical (unpaired) electrons. The van der Waals surface area contributed by atoms with Crippen molar-refractivity contribution in [3.63, 3.8) is 0 Å². The molecule has 2 N–H and O–H groups in total. The molecule has 0 bridgehead atoms. The van der Waals surface area contributed by atoms with Crippen LogP contribution in [0.2, 0.25) is 0 Å². The molecule has 0 aliphatic carbocycles. The molecule has 0 aliphatic heterocycles. The highest BCUT2D eigenvalue weighted by Gasteiger charge is 2.14. The van der Waals surface area contributed by atoms with Crippen molar-refractivity contribution < 1.29 is 0 Å². The third-order valence-corrected chi connectivity index (χ3v) is 2.80. The number of nitrogens with two attached hydrogens (primary N) is 1. The van der Waals surface area contributed by atoms with E-state index in [1.165, 1.54) is 5.56 Å². The van der Waals surface area contributed by atoms with Gasteiger partial charge in [0.1, 0.15) is 6.33 Å². The van der Waals surface area contributed by atoms with Crippen LogP contribution in [0.5, 0.6) is 0 Å². The Balaban J connectivity index is 2.41. The highest BCUT2D eigenvalue weighted by Crippen LogP contribution is 2.23. The molecule has 0 spiro atoms. The maximum atomic E-state index is 5.78. The summed E-state index contributed by atoms with van der Waals surface area (Å²) in [6.07, 6.45) is 3.78. The molecule has 0 saturated heterocycles. The Hall–Kier alpha value is -1.42. The molecule has 1 unspecified atom stereocenters. The normalized spacial score (nSPS) is 13.6. The molecule has 0 saturated carbocycles. The average Bonchev–Trinajstić information content (AvgIpc) is 2.65. The van der Waals surface area contributed by atoms with Crippen LogP contribution in [0.25, 0.3) is 5.65 Å². The molecule has 1 atom stereocenters. The van der Waals surface area contributed by atoms with Crippen molar-refractivity contribution in [3.05, 3.63) is 30.2 Å². The van der Waals surface area contributed by atoms with E-state index in [9.17, 15) is 0 Å². The van der Waals surface area contributed by atoms with Gasteiger partial charge in [0.2, 0.25) is 0 Å². The van der Waals surface area contributed by atoms with Gasteiger partial charge < -0.3 is 5.73 Å². The second kappa shape index (κ2) is 3.98. The van der Waals surface area contributed by atoms with Gasteiger partial charge in [-0.15, -0.1) is 10.2 Å². The molecule has 0 aromatic carbocycles. The lowest BCUT2D eigenvalue weighted by Gasteiger charge is -2.19. The molecule has 0 fully saturated rings. The summed E-state index contributed by atoms with van der Waals surface area (Å²) in [5, 5.41) is 7.83. The van der Waals surface area contributed by atoms with Crippen LogP contribution in [0.15, 0.2) is 24.7 Å². The van der Waals surface area contributed by atoms with E-state index < -0.39 is 0 Å². The number of nitrogens with zero attached hydrogens (tertiary/aromatic N) is 3. The molecule has 80 valence electrons. The summed E-state index contributed by atoms with van der Waals surface area (Å²) in [4.78, 5) is 0. The molecule has 4 heteroatoms. The first-order valence-electron chi connectivity index (χ1n) is 5.21. The summed E-state index contributed by atoms with van der Waals surface area (Å²) in [7, 11) is 0. The van der Waals surface area contributed by atoms with Crippen LogP contribution in [0.4, 0.5) is 0 Å². The van der Waals surface area contributed by atoms with Crippen LogP contribution in [0, 0.1) is 5.92 Å². The fourth-order valence-electron chi connectivity index (χ4n) is 1.86. The lowest BCUT2D eigenvalue weighted by molar-refractivity contribution is 0.505. The van der Waals surface area contributed by atoms with E-state index in [1.807, 2.05) is 10.5 Å². The molecular weight excluding hydrogens is 188 g/mol. The van der Waals surface area contributed by atoms with Crippen molar-refractivity contribution in [2.24, 2.45) is 11.7 Å². The smallest absolute Gasteiger partial charge is 0.160 e. The zero-order valence-corrected chi connectivity index (χ0v) is 9.09. The van der Waals surface area contributed by atoms with Gasteiger partial charge in [0.05, 0.1) is 0 Å². The second-order valence-electron chi connectivity index (χ2n) is 4.15. The van der Waals surface area contributed by atoms with Crippen LogP contribution in [-0.2, 0) is 0 Å². The van der Waals surface area contributed by atoms with E-state index in [0.29, 0.717) is 18.4 Å². The number of fused-ring (bicyclic) bond motifs is 1. The van der Waals surface area contributed by atoms with Crippen LogP contribution < -0.4 is 5.73 Å². The Morgan fingerprint density at radius 3 is 2.87 bits per heavy atom. The molecule has 15 heavy (non-hydrogen) atoms. The van der Waals surface area contributed by atoms with E-state index in [2.05, 4.69) is 36.3 Å². The molecule has 0 aliphatic rings. The van der Waals surface area contributed by atoms with E-state index in [-0.39, 0.29) is 0 Å². The zero-order valence-electron chi connectivity index (χ0n) is 9.09. The maximum Gasteiger partial charge on any atom is 0.160 e. The number of hydrogen-bond donors (Lipinski definition) is 1. The molecular formula is C11H16N4. The van der Waals surface area contributed by atoms with Gasteiger partial charge in [0.25, 0.3) is 0 Å². The largest absolute Gasteiger partial charge is 0.330 e. The summed E-state index contributed by atoms with van der Waals surface area (Å²) >= 11 is 0. The Kier molecular flexibility index (Phi) is 2.68. The molecule has 2 aromatic rings. The number of rotatable bonds is 3. The summed E-state index contributed by atoms with van der Waals surface area (Å²) in [6.45, 7) is 5.05. The van der Waals surface area contributed by atoms with E-state index in [0.717, 1.165) is 5.65 Å². The fraction of sp³-hybridized carbons (Fsp3) is 0.455. The molecule has 2 aromatic heterocycles. The van der Waals surface area contributed by atoms with Gasteiger partial charge in [0.15, 0.2) is 5.65 Å². The Morgan fingerprint density at radius 1 is 1.40 bits per heavy atom. The van der Waals surface area contributed by atoms with Crippen molar-refractivity contribution in [1.29, 1.82) is 0 Å². The van der Waals surface area contributed by atoms with Crippen molar-refractivity contribution in [2.75, 3.05) is 6.54 Å². The van der Waals surface area contributed by atoms with Crippen LogP contribution >= 0.6 is 0 Å². The SMILES string of the molecule is CC(C)C(CN)c1ccc2nncn2c1. The summed E-state index contributed by atoms with van der Waals surface area (Å²) in [6, 6.07) is 4.06. The standard InChI is InChI=1S/C11H16N4/c1-8(2)10(5-12)9-3-4-11-14-13-7-15(11)6-9/h3-4,6-8,10H,5,12H2,1-2H3. The van der Waals surface area contributed by atoms with Crippen LogP contribution in [-0.4, -0.2) is 21.1 Å². The van der Waals surface area contributed by atoms with Crippen LogP contribution in [0.3, 0.4) is 0 Å². The first kappa shape index (κ1) is 10.1. The molecule has 0 amide bonds. The van der Waals surface area contributed by atoms with Gasteiger partial charge in [-0.25, -0.2) is 0 Å². The molecule has 2 heterocycles. The highest BCUT2D eigenvalue weighted by atomic mass is 15.2. The number of aromatic nitrogens is 3. The minimum atomic E-state index is 0.400. The van der Waals surface area contributed by atoms with E-state index in [4.69, 9.17) is 5.73 Å². The lowest BCUT2D eigenvalue weighted by Crippen LogP contribution is -2.18. The van der Waals surface area contributed by atoms with Gasteiger partial charge in [0, 0.05) is 6.20 Å². The molecule has 2 rings (SSSR count).